The molecule has 0 spiro atoms. The van der Waals surface area contributed by atoms with Gasteiger partial charge in [0.25, 0.3) is 0 Å². The molecule has 0 unspecified atom stereocenters. The molecule has 0 radical (unpaired) electrons. The van der Waals surface area contributed by atoms with Gasteiger partial charge in [0.1, 0.15) is 12.2 Å². The molecule has 3 rings (SSSR count). The van der Waals surface area contributed by atoms with Gasteiger partial charge < -0.3 is 20.1 Å². The zero-order valence-corrected chi connectivity index (χ0v) is 17.5. The summed E-state index contributed by atoms with van der Waals surface area (Å²) in [6.07, 6.45) is 3.29. The van der Waals surface area contributed by atoms with Gasteiger partial charge in [-0.05, 0) is 31.5 Å². The van der Waals surface area contributed by atoms with Crippen molar-refractivity contribution in [2.24, 2.45) is 12.0 Å². The molecule has 9 nitrogen and oxygen atoms in total. The zero-order chi connectivity index (χ0) is 21.2. The van der Waals surface area contributed by atoms with Crippen LogP contribution in [0, 0.1) is 0 Å². The number of aliphatic imine (C=N–C) groups is 1. The first-order valence-corrected chi connectivity index (χ1v) is 9.89. The van der Waals surface area contributed by atoms with Crippen LogP contribution >= 0.6 is 0 Å². The number of aromatic nitrogens is 4. The standard InChI is InChI=1S/C21H27N7O2/c1-4-22-21(25-14-19-26-15-27-28(19)3)24-13-16-10-11-20(23-12-16)30-18-9-7-6-8-17(18)29-5-2/h6-12,15H,4-5,13-14H2,1-3H3,(H2,22,24,25). The highest BCUT2D eigenvalue weighted by Crippen LogP contribution is 2.30. The molecule has 1 aromatic carbocycles. The Morgan fingerprint density at radius 2 is 1.90 bits per heavy atom. The van der Waals surface area contributed by atoms with E-state index in [4.69, 9.17) is 9.47 Å². The number of nitrogens with zero attached hydrogens (tertiary/aromatic N) is 5. The molecular weight excluding hydrogens is 382 g/mol. The minimum absolute atomic E-state index is 0.483. The maximum atomic E-state index is 5.86. The molecule has 2 aromatic heterocycles. The Hall–Kier alpha value is -3.62. The molecule has 0 aliphatic heterocycles. The summed E-state index contributed by atoms with van der Waals surface area (Å²) >= 11 is 0. The number of guanidine groups is 1. The molecule has 2 heterocycles. The normalized spacial score (nSPS) is 11.2. The van der Waals surface area contributed by atoms with E-state index >= 15 is 0 Å². The molecule has 3 aromatic rings. The van der Waals surface area contributed by atoms with E-state index in [0.717, 1.165) is 17.9 Å². The number of rotatable bonds is 9. The third kappa shape index (κ3) is 5.94. The minimum Gasteiger partial charge on any atom is -0.490 e. The maximum Gasteiger partial charge on any atom is 0.219 e. The molecule has 0 aliphatic carbocycles. The number of benzene rings is 1. The van der Waals surface area contributed by atoms with Gasteiger partial charge in [0.2, 0.25) is 5.88 Å². The largest absolute Gasteiger partial charge is 0.490 e. The fourth-order valence-electron chi connectivity index (χ4n) is 2.64. The van der Waals surface area contributed by atoms with Crippen molar-refractivity contribution in [1.29, 1.82) is 0 Å². The maximum absolute atomic E-state index is 5.86. The van der Waals surface area contributed by atoms with E-state index < -0.39 is 0 Å². The van der Waals surface area contributed by atoms with Crippen molar-refractivity contribution < 1.29 is 9.47 Å². The van der Waals surface area contributed by atoms with Gasteiger partial charge in [-0.15, -0.1) is 0 Å². The van der Waals surface area contributed by atoms with E-state index in [-0.39, 0.29) is 0 Å². The second-order valence-electron chi connectivity index (χ2n) is 6.34. The fraction of sp³-hybridized carbons (Fsp3) is 0.333. The van der Waals surface area contributed by atoms with E-state index in [1.165, 1.54) is 6.33 Å². The van der Waals surface area contributed by atoms with Gasteiger partial charge in [-0.2, -0.15) is 5.10 Å². The molecule has 0 atom stereocenters. The van der Waals surface area contributed by atoms with Gasteiger partial charge in [0.05, 0.1) is 19.7 Å². The third-order valence-electron chi connectivity index (χ3n) is 4.14. The Balaban J connectivity index is 1.60. The number of nitrogens with one attached hydrogen (secondary N) is 2. The quantitative estimate of drug-likeness (QED) is 0.414. The SMILES string of the molecule is CCNC(=NCc1ccc(Oc2ccccc2OCC)nc1)NCc1ncnn1C. The van der Waals surface area contributed by atoms with Crippen LogP contribution < -0.4 is 20.1 Å². The van der Waals surface area contributed by atoms with E-state index in [1.807, 2.05) is 57.3 Å². The van der Waals surface area contributed by atoms with Gasteiger partial charge in [-0.3, -0.25) is 4.68 Å². The summed E-state index contributed by atoms with van der Waals surface area (Å²) in [6.45, 7) is 6.31. The summed E-state index contributed by atoms with van der Waals surface area (Å²) in [6, 6.07) is 11.3. The first-order chi connectivity index (χ1) is 14.7. The Kier molecular flexibility index (Phi) is 7.59. The van der Waals surface area contributed by atoms with Gasteiger partial charge >= 0.3 is 0 Å². The molecule has 0 bridgehead atoms. The molecule has 30 heavy (non-hydrogen) atoms. The van der Waals surface area contributed by atoms with E-state index in [9.17, 15) is 0 Å². The van der Waals surface area contributed by atoms with Crippen molar-refractivity contribution in [3.8, 4) is 17.4 Å². The average molecular weight is 409 g/mol. The van der Waals surface area contributed by atoms with Crippen molar-refractivity contribution in [2.45, 2.75) is 26.9 Å². The number of pyridine rings is 1. The molecule has 0 fully saturated rings. The molecule has 9 heteroatoms. The van der Waals surface area contributed by atoms with Crippen molar-refractivity contribution in [1.82, 2.24) is 30.4 Å². The lowest BCUT2D eigenvalue weighted by Crippen LogP contribution is -2.37. The lowest BCUT2D eigenvalue weighted by atomic mass is 10.3. The first kappa shape index (κ1) is 21.1. The monoisotopic (exact) mass is 409 g/mol. The molecular formula is C21H27N7O2. The van der Waals surface area contributed by atoms with Crippen LogP contribution in [0.3, 0.4) is 0 Å². The number of hydrogen-bond acceptors (Lipinski definition) is 6. The van der Waals surface area contributed by atoms with Crippen molar-refractivity contribution >= 4 is 5.96 Å². The number of ether oxygens (including phenoxy) is 2. The molecule has 2 N–H and O–H groups in total. The molecule has 158 valence electrons. The number of aryl methyl sites for hydroxylation is 1. The van der Waals surface area contributed by atoms with Crippen molar-refractivity contribution in [3.63, 3.8) is 0 Å². The first-order valence-electron chi connectivity index (χ1n) is 9.89. The van der Waals surface area contributed by atoms with Gasteiger partial charge in [0, 0.05) is 25.9 Å². The van der Waals surface area contributed by atoms with E-state index in [2.05, 4.69) is 30.7 Å². The molecule has 0 aliphatic rings. The highest BCUT2D eigenvalue weighted by atomic mass is 16.5. The molecule has 0 saturated carbocycles. The lowest BCUT2D eigenvalue weighted by molar-refractivity contribution is 0.319. The molecule has 0 amide bonds. The van der Waals surface area contributed by atoms with Gasteiger partial charge in [-0.1, -0.05) is 18.2 Å². The van der Waals surface area contributed by atoms with Crippen LogP contribution in [0.2, 0.25) is 0 Å². The highest BCUT2D eigenvalue weighted by molar-refractivity contribution is 5.79. The smallest absolute Gasteiger partial charge is 0.219 e. The number of hydrogen-bond donors (Lipinski definition) is 2. The van der Waals surface area contributed by atoms with Gasteiger partial charge in [-0.25, -0.2) is 15.0 Å². The Morgan fingerprint density at radius 1 is 1.07 bits per heavy atom. The van der Waals surface area contributed by atoms with Crippen LogP contribution in [0.1, 0.15) is 25.2 Å². The van der Waals surface area contributed by atoms with E-state index in [0.29, 0.717) is 43.0 Å². The molecule has 0 saturated heterocycles. The average Bonchev–Trinajstić information content (AvgIpc) is 3.17. The fourth-order valence-corrected chi connectivity index (χ4v) is 2.64. The van der Waals surface area contributed by atoms with Crippen molar-refractivity contribution in [2.75, 3.05) is 13.2 Å². The second-order valence-corrected chi connectivity index (χ2v) is 6.34. The number of para-hydroxylation sites is 2. The van der Waals surface area contributed by atoms with Crippen molar-refractivity contribution in [3.05, 3.63) is 60.3 Å². The third-order valence-corrected chi connectivity index (χ3v) is 4.14. The summed E-state index contributed by atoms with van der Waals surface area (Å²) in [7, 11) is 1.86. The van der Waals surface area contributed by atoms with Crippen LogP contribution in [0.15, 0.2) is 53.9 Å². The Morgan fingerprint density at radius 3 is 2.57 bits per heavy atom. The summed E-state index contributed by atoms with van der Waals surface area (Å²) in [5.41, 5.74) is 0.969. The predicted molar refractivity (Wildman–Crippen MR) is 115 cm³/mol. The van der Waals surface area contributed by atoms with Gasteiger partial charge in [0.15, 0.2) is 17.5 Å². The Labute approximate surface area is 176 Å². The van der Waals surface area contributed by atoms with Crippen LogP contribution in [0.4, 0.5) is 0 Å². The topological polar surface area (TPSA) is 98.5 Å². The van der Waals surface area contributed by atoms with E-state index in [1.54, 1.807) is 10.9 Å². The summed E-state index contributed by atoms with van der Waals surface area (Å²) in [5.74, 6) is 3.37. The highest BCUT2D eigenvalue weighted by Gasteiger charge is 2.07. The summed E-state index contributed by atoms with van der Waals surface area (Å²) in [4.78, 5) is 13.2. The van der Waals surface area contributed by atoms with Crippen LogP contribution in [-0.2, 0) is 20.1 Å². The minimum atomic E-state index is 0.483. The second kappa shape index (κ2) is 10.8. The van der Waals surface area contributed by atoms with Crippen LogP contribution in [0.5, 0.6) is 17.4 Å². The Bertz CT molecular complexity index is 954. The van der Waals surface area contributed by atoms with Crippen LogP contribution in [0.25, 0.3) is 0 Å². The zero-order valence-electron chi connectivity index (χ0n) is 17.5. The van der Waals surface area contributed by atoms with Crippen LogP contribution in [-0.4, -0.2) is 38.9 Å². The summed E-state index contributed by atoms with van der Waals surface area (Å²) in [5, 5.41) is 10.5. The lowest BCUT2D eigenvalue weighted by Gasteiger charge is -2.11. The summed E-state index contributed by atoms with van der Waals surface area (Å²) < 4.78 is 13.2. The predicted octanol–water partition coefficient (Wildman–Crippen LogP) is 2.66.